The second kappa shape index (κ2) is 4.61. The summed E-state index contributed by atoms with van der Waals surface area (Å²) in [7, 11) is 0. The van der Waals surface area contributed by atoms with Gasteiger partial charge in [0, 0.05) is 19.4 Å². The Morgan fingerprint density at radius 2 is 1.90 bits per heavy atom. The summed E-state index contributed by atoms with van der Waals surface area (Å²) in [5, 5.41) is 2.86. The number of hydrogen-bond donors (Lipinski definition) is 1. The van der Waals surface area contributed by atoms with E-state index in [0.717, 1.165) is 6.54 Å². The first-order valence-corrected chi connectivity index (χ1v) is 3.71. The third-order valence-corrected chi connectivity index (χ3v) is 1.43. The molecule has 3 heteroatoms. The highest BCUT2D eigenvalue weighted by atomic mass is 19.3. The van der Waals surface area contributed by atoms with Gasteiger partial charge in [0.1, 0.15) is 0 Å². The van der Waals surface area contributed by atoms with Crippen molar-refractivity contribution >= 4 is 0 Å². The van der Waals surface area contributed by atoms with E-state index in [1.54, 1.807) is 0 Å². The van der Waals surface area contributed by atoms with Gasteiger partial charge in [0.2, 0.25) is 5.92 Å². The molecule has 0 spiro atoms. The SMILES string of the molecule is CCNCCC(F)(F)CC. The predicted octanol–water partition coefficient (Wildman–Crippen LogP) is 2.03. The van der Waals surface area contributed by atoms with Gasteiger partial charge in [-0.05, 0) is 6.54 Å². The van der Waals surface area contributed by atoms with Crippen LogP contribution in [-0.2, 0) is 0 Å². The predicted molar refractivity (Wildman–Crippen MR) is 38.4 cm³/mol. The van der Waals surface area contributed by atoms with Crippen LogP contribution in [0.15, 0.2) is 0 Å². The van der Waals surface area contributed by atoms with Gasteiger partial charge in [0.15, 0.2) is 0 Å². The van der Waals surface area contributed by atoms with Gasteiger partial charge in [0.25, 0.3) is 0 Å². The molecule has 0 unspecified atom stereocenters. The first-order valence-electron chi connectivity index (χ1n) is 3.71. The summed E-state index contributed by atoms with van der Waals surface area (Å²) in [5.41, 5.74) is 0. The molecule has 0 aliphatic heterocycles. The average Bonchev–Trinajstić information content (AvgIpc) is 1.89. The highest BCUT2D eigenvalue weighted by Crippen LogP contribution is 2.20. The van der Waals surface area contributed by atoms with E-state index < -0.39 is 5.92 Å². The molecule has 0 bridgehead atoms. The molecule has 0 rings (SSSR count). The molecule has 0 aromatic rings. The molecule has 0 radical (unpaired) electrons. The van der Waals surface area contributed by atoms with Gasteiger partial charge >= 0.3 is 0 Å². The molecule has 0 aromatic carbocycles. The van der Waals surface area contributed by atoms with Crippen molar-refractivity contribution in [2.45, 2.75) is 32.6 Å². The van der Waals surface area contributed by atoms with E-state index in [9.17, 15) is 8.78 Å². The Labute approximate surface area is 60.8 Å². The fraction of sp³-hybridized carbons (Fsp3) is 1.00. The lowest BCUT2D eigenvalue weighted by atomic mass is 10.2. The van der Waals surface area contributed by atoms with E-state index in [4.69, 9.17) is 0 Å². The first kappa shape index (κ1) is 9.82. The van der Waals surface area contributed by atoms with Gasteiger partial charge in [-0.3, -0.25) is 0 Å². The minimum absolute atomic E-state index is 0.0443. The number of nitrogens with one attached hydrogen (secondary N) is 1. The van der Waals surface area contributed by atoms with Gasteiger partial charge < -0.3 is 5.32 Å². The maximum atomic E-state index is 12.4. The van der Waals surface area contributed by atoms with E-state index in [2.05, 4.69) is 5.32 Å². The van der Waals surface area contributed by atoms with Crippen LogP contribution >= 0.6 is 0 Å². The second-order valence-corrected chi connectivity index (χ2v) is 2.31. The van der Waals surface area contributed by atoms with Crippen molar-refractivity contribution in [3.05, 3.63) is 0 Å². The van der Waals surface area contributed by atoms with Crippen molar-refractivity contribution in [1.29, 1.82) is 0 Å². The Balaban J connectivity index is 3.28. The van der Waals surface area contributed by atoms with Crippen LogP contribution in [0.5, 0.6) is 0 Å². The van der Waals surface area contributed by atoms with E-state index in [1.807, 2.05) is 6.92 Å². The van der Waals surface area contributed by atoms with Crippen molar-refractivity contribution < 1.29 is 8.78 Å². The van der Waals surface area contributed by atoms with Crippen LogP contribution in [0.25, 0.3) is 0 Å². The van der Waals surface area contributed by atoms with Gasteiger partial charge in [0.05, 0.1) is 0 Å². The molecule has 62 valence electrons. The Morgan fingerprint density at radius 3 is 2.30 bits per heavy atom. The zero-order valence-electron chi connectivity index (χ0n) is 6.58. The molecule has 1 nitrogen and oxygen atoms in total. The number of alkyl halides is 2. The summed E-state index contributed by atoms with van der Waals surface area (Å²) in [6.07, 6.45) is -0.101. The minimum Gasteiger partial charge on any atom is -0.317 e. The molecular weight excluding hydrogens is 136 g/mol. The fourth-order valence-corrected chi connectivity index (χ4v) is 0.625. The maximum absolute atomic E-state index is 12.4. The molecule has 0 atom stereocenters. The molecule has 0 fully saturated rings. The van der Waals surface area contributed by atoms with Gasteiger partial charge in [-0.25, -0.2) is 8.78 Å². The first-order chi connectivity index (χ1) is 4.62. The Hall–Kier alpha value is -0.180. The number of halogens is 2. The van der Waals surface area contributed by atoms with Gasteiger partial charge in [-0.1, -0.05) is 13.8 Å². The Morgan fingerprint density at radius 1 is 1.30 bits per heavy atom. The summed E-state index contributed by atoms with van der Waals surface area (Å²) in [6.45, 7) is 4.59. The molecule has 0 heterocycles. The van der Waals surface area contributed by atoms with E-state index in [1.165, 1.54) is 6.92 Å². The highest BCUT2D eigenvalue weighted by Gasteiger charge is 2.24. The average molecular weight is 151 g/mol. The van der Waals surface area contributed by atoms with Crippen LogP contribution in [0.1, 0.15) is 26.7 Å². The lowest BCUT2D eigenvalue weighted by Crippen LogP contribution is -2.23. The van der Waals surface area contributed by atoms with E-state index in [-0.39, 0.29) is 12.8 Å². The third-order valence-electron chi connectivity index (χ3n) is 1.43. The van der Waals surface area contributed by atoms with Crippen LogP contribution in [0.4, 0.5) is 8.78 Å². The number of hydrogen-bond acceptors (Lipinski definition) is 1. The Bertz CT molecular complexity index is 83.7. The van der Waals surface area contributed by atoms with Crippen molar-refractivity contribution in [2.75, 3.05) is 13.1 Å². The van der Waals surface area contributed by atoms with Crippen LogP contribution in [0.2, 0.25) is 0 Å². The fourth-order valence-electron chi connectivity index (χ4n) is 0.625. The maximum Gasteiger partial charge on any atom is 0.249 e. The smallest absolute Gasteiger partial charge is 0.249 e. The quantitative estimate of drug-likeness (QED) is 0.593. The molecule has 0 saturated heterocycles. The summed E-state index contributed by atoms with van der Waals surface area (Å²) >= 11 is 0. The monoisotopic (exact) mass is 151 g/mol. The summed E-state index contributed by atoms with van der Waals surface area (Å²) in [5.74, 6) is -2.47. The van der Waals surface area contributed by atoms with Crippen LogP contribution in [0.3, 0.4) is 0 Å². The van der Waals surface area contributed by atoms with E-state index in [0.29, 0.717) is 6.54 Å². The molecule has 0 aliphatic rings. The molecule has 10 heavy (non-hydrogen) atoms. The topological polar surface area (TPSA) is 12.0 Å². The van der Waals surface area contributed by atoms with Crippen molar-refractivity contribution in [2.24, 2.45) is 0 Å². The molecular formula is C7H15F2N. The van der Waals surface area contributed by atoms with Crippen LogP contribution in [-0.4, -0.2) is 19.0 Å². The van der Waals surface area contributed by atoms with Crippen molar-refractivity contribution in [3.8, 4) is 0 Å². The second-order valence-electron chi connectivity index (χ2n) is 2.31. The Kier molecular flexibility index (Phi) is 4.52. The normalized spacial score (nSPS) is 12.0. The molecule has 1 N–H and O–H groups in total. The van der Waals surface area contributed by atoms with Crippen molar-refractivity contribution in [1.82, 2.24) is 5.32 Å². The van der Waals surface area contributed by atoms with Gasteiger partial charge in [-0.2, -0.15) is 0 Å². The van der Waals surface area contributed by atoms with Crippen molar-refractivity contribution in [3.63, 3.8) is 0 Å². The lowest BCUT2D eigenvalue weighted by Gasteiger charge is -2.12. The zero-order valence-corrected chi connectivity index (χ0v) is 6.58. The summed E-state index contributed by atoms with van der Waals surface area (Å²) in [4.78, 5) is 0. The summed E-state index contributed by atoms with van der Waals surface area (Å²) in [6, 6.07) is 0. The molecule has 0 amide bonds. The van der Waals surface area contributed by atoms with Crippen LogP contribution in [0, 0.1) is 0 Å². The van der Waals surface area contributed by atoms with Gasteiger partial charge in [-0.15, -0.1) is 0 Å². The third kappa shape index (κ3) is 4.68. The number of rotatable bonds is 5. The largest absolute Gasteiger partial charge is 0.317 e. The highest BCUT2D eigenvalue weighted by molar-refractivity contribution is 4.64. The van der Waals surface area contributed by atoms with Crippen LogP contribution < -0.4 is 5.32 Å². The molecule has 0 aromatic heterocycles. The lowest BCUT2D eigenvalue weighted by molar-refractivity contribution is -0.0106. The zero-order chi connectivity index (χ0) is 8.04. The standard InChI is InChI=1S/C7H15F2N/c1-3-7(8,9)5-6-10-4-2/h10H,3-6H2,1-2H3. The molecule has 0 aliphatic carbocycles. The summed E-state index contributed by atoms with van der Waals surface area (Å²) < 4.78 is 24.9. The molecule has 0 saturated carbocycles. The minimum atomic E-state index is -2.47. The van der Waals surface area contributed by atoms with E-state index >= 15 is 0 Å².